The topological polar surface area (TPSA) is 109 Å². The maximum atomic E-state index is 12.6. The highest BCUT2D eigenvalue weighted by molar-refractivity contribution is 7.92. The van der Waals surface area contributed by atoms with Gasteiger partial charge in [0.25, 0.3) is 15.9 Å². The van der Waals surface area contributed by atoms with Crippen LogP contribution in [0.15, 0.2) is 82.6 Å². The van der Waals surface area contributed by atoms with Crippen LogP contribution in [0.5, 0.6) is 0 Å². The number of anilines is 2. The zero-order valence-electron chi connectivity index (χ0n) is 16.6. The van der Waals surface area contributed by atoms with E-state index in [-0.39, 0.29) is 16.1 Å². The number of benzene rings is 3. The van der Waals surface area contributed by atoms with Gasteiger partial charge in [-0.15, -0.1) is 0 Å². The minimum Gasteiger partial charge on any atom is -0.322 e. The monoisotopic (exact) mass is 480 g/mol. The molecule has 168 valence electrons. The Labute approximate surface area is 184 Å². The summed E-state index contributed by atoms with van der Waals surface area (Å²) in [7, 11) is -8.51. The summed E-state index contributed by atoms with van der Waals surface area (Å²) >= 11 is 0. The lowest BCUT2D eigenvalue weighted by Crippen LogP contribution is -2.14. The molecule has 0 unspecified atom stereocenters. The molecule has 0 saturated heterocycles. The van der Waals surface area contributed by atoms with Gasteiger partial charge in [0.1, 0.15) is 0 Å². The van der Waals surface area contributed by atoms with E-state index >= 15 is 0 Å². The second kappa shape index (κ2) is 9.05. The number of halogens is 2. The highest BCUT2D eigenvalue weighted by atomic mass is 32.2. The Morgan fingerprint density at radius 1 is 0.750 bits per heavy atom. The molecule has 7 nitrogen and oxygen atoms in total. The molecule has 0 radical (unpaired) electrons. The molecule has 0 heterocycles. The van der Waals surface area contributed by atoms with Gasteiger partial charge in [-0.25, -0.2) is 16.8 Å². The van der Waals surface area contributed by atoms with Gasteiger partial charge in [0.05, 0.1) is 9.79 Å². The van der Waals surface area contributed by atoms with Crippen LogP contribution in [0.1, 0.15) is 15.9 Å². The maximum absolute atomic E-state index is 12.6. The number of hydrogen-bond donors (Lipinski definition) is 2. The number of amides is 1. The van der Waals surface area contributed by atoms with Crippen molar-refractivity contribution in [2.24, 2.45) is 0 Å². The smallest absolute Gasteiger partial charge is 0.322 e. The minimum absolute atomic E-state index is 0.0577. The molecule has 3 aromatic carbocycles. The van der Waals surface area contributed by atoms with Crippen molar-refractivity contribution in [3.8, 4) is 0 Å². The van der Waals surface area contributed by atoms with Crippen LogP contribution < -0.4 is 10.0 Å². The Morgan fingerprint density at radius 2 is 1.25 bits per heavy atom. The molecule has 0 saturated carbocycles. The van der Waals surface area contributed by atoms with Crippen LogP contribution in [0.3, 0.4) is 0 Å². The fraction of sp³-hybridized carbons (Fsp3) is 0.0952. The summed E-state index contributed by atoms with van der Waals surface area (Å²) in [6.07, 6.45) is 0. The van der Waals surface area contributed by atoms with Crippen molar-refractivity contribution in [1.29, 1.82) is 0 Å². The van der Waals surface area contributed by atoms with Crippen molar-refractivity contribution in [3.05, 3.63) is 83.9 Å². The predicted octanol–water partition coefficient (Wildman–Crippen LogP) is 4.04. The lowest BCUT2D eigenvalue weighted by atomic mass is 10.2. The summed E-state index contributed by atoms with van der Waals surface area (Å²) in [5, 5.41) is 2.55. The van der Waals surface area contributed by atoms with E-state index in [1.54, 1.807) is 12.1 Å². The highest BCUT2D eigenvalue weighted by Crippen LogP contribution is 2.21. The molecule has 0 fully saturated rings. The Bertz CT molecular complexity index is 1320. The Kier molecular flexibility index (Phi) is 6.60. The van der Waals surface area contributed by atoms with E-state index in [1.807, 2.05) is 6.92 Å². The van der Waals surface area contributed by atoms with E-state index in [2.05, 4.69) is 10.0 Å². The summed E-state index contributed by atoms with van der Waals surface area (Å²) in [5.74, 6) is -4.15. The number of carbonyl (C=O) groups is 1. The molecule has 0 bridgehead atoms. The molecule has 0 atom stereocenters. The standard InChI is InChI=1S/C21H18F2N2O5S2/c1-14-2-10-19(11-3-14)32(29,30)25-17-8-6-16(7-9-17)24-20(26)15-4-12-18(13-5-15)31(27,28)21(22)23/h2-13,21,25H,1H3,(H,24,26). The van der Waals surface area contributed by atoms with Crippen molar-refractivity contribution >= 4 is 37.1 Å². The van der Waals surface area contributed by atoms with Crippen LogP contribution in [0.2, 0.25) is 0 Å². The molecule has 0 aliphatic heterocycles. The normalized spacial score (nSPS) is 11.9. The zero-order chi connectivity index (χ0) is 23.5. The number of aryl methyl sites for hydroxylation is 1. The maximum Gasteiger partial charge on any atom is 0.341 e. The van der Waals surface area contributed by atoms with E-state index in [9.17, 15) is 30.4 Å². The second-order valence-electron chi connectivity index (χ2n) is 6.78. The SMILES string of the molecule is Cc1ccc(S(=O)(=O)Nc2ccc(NC(=O)c3ccc(S(=O)(=O)C(F)F)cc3)cc2)cc1. The molecule has 0 aliphatic rings. The molecule has 0 aromatic heterocycles. The summed E-state index contributed by atoms with van der Waals surface area (Å²) in [6.45, 7) is 1.84. The molecule has 11 heteroatoms. The molecule has 2 N–H and O–H groups in total. The number of alkyl halides is 2. The molecule has 1 amide bonds. The van der Waals surface area contributed by atoms with Crippen LogP contribution in [-0.2, 0) is 19.9 Å². The van der Waals surface area contributed by atoms with Gasteiger partial charge in [-0.1, -0.05) is 17.7 Å². The molecular weight excluding hydrogens is 462 g/mol. The van der Waals surface area contributed by atoms with Crippen LogP contribution in [0, 0.1) is 6.92 Å². The Hall–Kier alpha value is -3.31. The van der Waals surface area contributed by atoms with Crippen molar-refractivity contribution in [2.75, 3.05) is 10.0 Å². The molecular formula is C21H18F2N2O5S2. The van der Waals surface area contributed by atoms with E-state index in [0.29, 0.717) is 5.69 Å². The third kappa shape index (κ3) is 5.29. The molecule has 32 heavy (non-hydrogen) atoms. The van der Waals surface area contributed by atoms with E-state index < -0.39 is 36.4 Å². The highest BCUT2D eigenvalue weighted by Gasteiger charge is 2.26. The third-order valence-electron chi connectivity index (χ3n) is 4.41. The van der Waals surface area contributed by atoms with Crippen molar-refractivity contribution in [2.45, 2.75) is 22.5 Å². The number of sulfone groups is 1. The van der Waals surface area contributed by atoms with Gasteiger partial charge >= 0.3 is 5.76 Å². The summed E-state index contributed by atoms with van der Waals surface area (Å²) in [6, 6.07) is 16.3. The first-order chi connectivity index (χ1) is 15.0. The molecule has 3 aromatic rings. The van der Waals surface area contributed by atoms with Crippen LogP contribution >= 0.6 is 0 Å². The largest absolute Gasteiger partial charge is 0.341 e. The Morgan fingerprint density at radius 3 is 1.78 bits per heavy atom. The predicted molar refractivity (Wildman–Crippen MR) is 116 cm³/mol. The van der Waals surface area contributed by atoms with Crippen molar-refractivity contribution in [1.82, 2.24) is 0 Å². The fourth-order valence-electron chi connectivity index (χ4n) is 2.66. The molecule has 0 spiro atoms. The van der Waals surface area contributed by atoms with Gasteiger partial charge in [-0.2, -0.15) is 8.78 Å². The van der Waals surface area contributed by atoms with Crippen LogP contribution in [0.25, 0.3) is 0 Å². The van der Waals surface area contributed by atoms with Crippen LogP contribution in [0.4, 0.5) is 20.2 Å². The van der Waals surface area contributed by atoms with E-state index in [1.165, 1.54) is 36.4 Å². The zero-order valence-corrected chi connectivity index (χ0v) is 18.3. The quantitative estimate of drug-likeness (QED) is 0.530. The fourth-order valence-corrected chi connectivity index (χ4v) is 4.44. The lowest BCUT2D eigenvalue weighted by molar-refractivity contribution is 0.102. The molecule has 3 rings (SSSR count). The number of sulfonamides is 1. The van der Waals surface area contributed by atoms with Gasteiger partial charge in [0.2, 0.25) is 9.84 Å². The number of carbonyl (C=O) groups excluding carboxylic acids is 1. The summed E-state index contributed by atoms with van der Waals surface area (Å²) < 4.78 is 75.3. The van der Waals surface area contributed by atoms with Crippen molar-refractivity contribution < 1.29 is 30.4 Å². The van der Waals surface area contributed by atoms with Gasteiger partial charge < -0.3 is 5.32 Å². The lowest BCUT2D eigenvalue weighted by Gasteiger charge is -2.10. The average molecular weight is 481 g/mol. The first-order valence-electron chi connectivity index (χ1n) is 9.12. The van der Waals surface area contributed by atoms with Gasteiger partial charge in [-0.3, -0.25) is 9.52 Å². The van der Waals surface area contributed by atoms with Gasteiger partial charge in [0, 0.05) is 16.9 Å². The van der Waals surface area contributed by atoms with E-state index in [4.69, 9.17) is 0 Å². The third-order valence-corrected chi connectivity index (χ3v) is 7.20. The minimum atomic E-state index is -4.74. The number of rotatable bonds is 7. The van der Waals surface area contributed by atoms with Crippen LogP contribution in [-0.4, -0.2) is 28.5 Å². The average Bonchev–Trinajstić information content (AvgIpc) is 2.75. The van der Waals surface area contributed by atoms with Gasteiger partial charge in [-0.05, 0) is 67.6 Å². The number of nitrogens with one attached hydrogen (secondary N) is 2. The van der Waals surface area contributed by atoms with Gasteiger partial charge in [0.15, 0.2) is 0 Å². The first kappa shape index (κ1) is 23.4. The first-order valence-corrected chi connectivity index (χ1v) is 12.1. The van der Waals surface area contributed by atoms with Crippen molar-refractivity contribution in [3.63, 3.8) is 0 Å². The Balaban J connectivity index is 1.68. The number of hydrogen-bond acceptors (Lipinski definition) is 5. The molecule has 0 aliphatic carbocycles. The summed E-state index contributed by atoms with van der Waals surface area (Å²) in [5.41, 5.74) is 1.61. The summed E-state index contributed by atoms with van der Waals surface area (Å²) in [4.78, 5) is 11.8. The second-order valence-corrected chi connectivity index (χ2v) is 10.4. The van der Waals surface area contributed by atoms with E-state index in [0.717, 1.165) is 29.8 Å².